The quantitative estimate of drug-likeness (QED) is 0.130. The molecule has 0 amide bonds. The lowest BCUT2D eigenvalue weighted by Gasteiger charge is -2.21. The van der Waals surface area contributed by atoms with Crippen LogP contribution in [0.4, 0.5) is 11.4 Å². The molecular weight excluding hydrogens is 480 g/mol. The zero-order valence-corrected chi connectivity index (χ0v) is 21.5. The number of ether oxygens (including phenoxy) is 1. The number of para-hydroxylation sites is 1. The van der Waals surface area contributed by atoms with Crippen LogP contribution >= 0.6 is 0 Å². The highest BCUT2D eigenvalue weighted by atomic mass is 16.5. The highest BCUT2D eigenvalue weighted by Crippen LogP contribution is 2.39. The number of hydrazone groups is 1. The minimum Gasteiger partial charge on any atom is -0.465 e. The zero-order chi connectivity index (χ0) is 26.6. The number of benzene rings is 5. The summed E-state index contributed by atoms with van der Waals surface area (Å²) in [6.45, 7) is 0. The molecule has 6 rings (SSSR count). The normalized spacial score (nSPS) is 12.8. The monoisotopic (exact) mass is 506 g/mol. The number of methoxy groups -OCH3 is 1. The van der Waals surface area contributed by atoms with Gasteiger partial charge in [0.2, 0.25) is 0 Å². The van der Waals surface area contributed by atoms with E-state index in [0.717, 1.165) is 50.5 Å². The molecule has 0 radical (unpaired) electrons. The molecular formula is C35H26N2O2. The van der Waals surface area contributed by atoms with Crippen molar-refractivity contribution in [1.29, 1.82) is 0 Å². The van der Waals surface area contributed by atoms with Crippen LogP contribution in [-0.4, -0.2) is 18.8 Å². The van der Waals surface area contributed by atoms with Crippen molar-refractivity contribution in [1.82, 2.24) is 0 Å². The number of fused-ring (bicyclic) bond motifs is 3. The largest absolute Gasteiger partial charge is 0.465 e. The molecule has 4 heteroatoms. The molecule has 0 fully saturated rings. The van der Waals surface area contributed by atoms with Crippen molar-refractivity contribution >= 4 is 35.2 Å². The summed E-state index contributed by atoms with van der Waals surface area (Å²) in [6, 6.07) is 42.6. The van der Waals surface area contributed by atoms with Gasteiger partial charge in [0.25, 0.3) is 0 Å². The van der Waals surface area contributed by atoms with Crippen LogP contribution in [0.1, 0.15) is 32.6 Å². The van der Waals surface area contributed by atoms with Gasteiger partial charge in [0, 0.05) is 11.1 Å². The van der Waals surface area contributed by atoms with Crippen LogP contribution < -0.4 is 5.01 Å². The molecule has 0 atom stereocenters. The Hall–Kier alpha value is -5.22. The fourth-order valence-corrected chi connectivity index (χ4v) is 4.81. The Kier molecular flexibility index (Phi) is 6.59. The van der Waals surface area contributed by atoms with Gasteiger partial charge in [0.15, 0.2) is 0 Å². The van der Waals surface area contributed by atoms with E-state index in [-0.39, 0.29) is 5.97 Å². The highest BCUT2D eigenvalue weighted by molar-refractivity contribution is 6.25. The van der Waals surface area contributed by atoms with E-state index in [0.29, 0.717) is 5.56 Å². The molecule has 1 aliphatic carbocycles. The molecule has 188 valence electrons. The van der Waals surface area contributed by atoms with Gasteiger partial charge in [-0.15, -0.1) is 0 Å². The predicted molar refractivity (Wildman–Crippen MR) is 159 cm³/mol. The molecule has 0 spiro atoms. The average molecular weight is 507 g/mol. The molecule has 0 saturated heterocycles. The Labute approximate surface area is 228 Å². The van der Waals surface area contributed by atoms with E-state index >= 15 is 0 Å². The third-order valence-electron chi connectivity index (χ3n) is 6.77. The fourth-order valence-electron chi connectivity index (χ4n) is 4.81. The van der Waals surface area contributed by atoms with E-state index in [9.17, 15) is 4.79 Å². The number of hydrogen-bond acceptors (Lipinski definition) is 4. The van der Waals surface area contributed by atoms with E-state index in [1.807, 2.05) is 65.7 Å². The molecule has 1 aliphatic rings. The van der Waals surface area contributed by atoms with Gasteiger partial charge in [-0.25, -0.2) is 9.80 Å². The molecule has 0 aromatic heterocycles. The van der Waals surface area contributed by atoms with Gasteiger partial charge in [0.1, 0.15) is 0 Å². The van der Waals surface area contributed by atoms with Crippen LogP contribution in [0.25, 0.3) is 23.3 Å². The smallest absolute Gasteiger partial charge is 0.337 e. The van der Waals surface area contributed by atoms with Gasteiger partial charge in [0.05, 0.1) is 29.8 Å². The number of rotatable bonds is 6. The first-order chi connectivity index (χ1) is 19.2. The zero-order valence-electron chi connectivity index (χ0n) is 21.5. The Morgan fingerprint density at radius 3 is 1.87 bits per heavy atom. The van der Waals surface area contributed by atoms with Gasteiger partial charge >= 0.3 is 5.97 Å². The molecule has 0 unspecified atom stereocenters. The molecule has 4 nitrogen and oxygen atoms in total. The molecule has 5 aromatic rings. The third kappa shape index (κ3) is 4.88. The second-order valence-electron chi connectivity index (χ2n) is 9.23. The number of carbonyl (C=O) groups is 1. The summed E-state index contributed by atoms with van der Waals surface area (Å²) in [4.78, 5) is 12.2. The topological polar surface area (TPSA) is 41.9 Å². The van der Waals surface area contributed by atoms with Crippen molar-refractivity contribution in [2.75, 3.05) is 12.1 Å². The maximum absolute atomic E-state index is 12.2. The first-order valence-corrected chi connectivity index (χ1v) is 12.8. The highest BCUT2D eigenvalue weighted by Gasteiger charge is 2.27. The molecule has 0 bridgehead atoms. The predicted octanol–water partition coefficient (Wildman–Crippen LogP) is 8.21. The molecule has 0 saturated carbocycles. The van der Waals surface area contributed by atoms with E-state index in [4.69, 9.17) is 9.84 Å². The Bertz CT molecular complexity index is 1690. The first-order valence-electron chi connectivity index (χ1n) is 12.8. The average Bonchev–Trinajstić information content (AvgIpc) is 3.32. The third-order valence-corrected chi connectivity index (χ3v) is 6.77. The Balaban J connectivity index is 1.42. The summed E-state index contributed by atoms with van der Waals surface area (Å²) in [5.74, 6) is -0.354. The van der Waals surface area contributed by atoms with Gasteiger partial charge in [-0.2, -0.15) is 5.10 Å². The molecule has 5 aromatic carbocycles. The number of anilines is 2. The fraction of sp³-hybridized carbons (Fsp3) is 0.0286. The Morgan fingerprint density at radius 1 is 0.615 bits per heavy atom. The summed E-state index contributed by atoms with van der Waals surface area (Å²) in [5.41, 5.74) is 9.57. The van der Waals surface area contributed by atoms with Crippen LogP contribution in [0, 0.1) is 0 Å². The maximum Gasteiger partial charge on any atom is 0.337 e. The van der Waals surface area contributed by atoms with E-state index in [1.165, 1.54) is 7.11 Å². The second kappa shape index (κ2) is 10.6. The van der Waals surface area contributed by atoms with Crippen molar-refractivity contribution in [3.05, 3.63) is 155 Å². The number of nitrogens with zero attached hydrogens (tertiary/aromatic N) is 2. The lowest BCUT2D eigenvalue weighted by molar-refractivity contribution is 0.0601. The maximum atomic E-state index is 12.2. The summed E-state index contributed by atoms with van der Waals surface area (Å²) < 4.78 is 4.96. The van der Waals surface area contributed by atoms with Gasteiger partial charge < -0.3 is 4.74 Å². The van der Waals surface area contributed by atoms with Crippen molar-refractivity contribution in [2.24, 2.45) is 5.10 Å². The summed E-state index contributed by atoms with van der Waals surface area (Å²) in [5, 5.41) is 7.20. The standard InChI is InChI=1S/C35H26N2O2/c1-39-35(38)27-20-23-32-33(24-27)30-14-8-9-15-31(30)34(32)36-37(28-12-6-3-7-13-28)29-21-18-26(19-22-29)17-16-25-10-4-2-5-11-25/h2-24H,1H3/b17-16+,36-34+. The SMILES string of the molecule is COC(=O)c1ccc2c(c1)-c1ccccc1/C2=N\N(c1ccccc1)c1ccc(/C=C/c2ccccc2)cc1. The van der Waals surface area contributed by atoms with Crippen molar-refractivity contribution in [3.63, 3.8) is 0 Å². The van der Waals surface area contributed by atoms with Crippen molar-refractivity contribution in [2.45, 2.75) is 0 Å². The number of esters is 1. The molecule has 0 heterocycles. The van der Waals surface area contributed by atoms with Crippen LogP contribution in [-0.2, 0) is 4.74 Å². The summed E-state index contributed by atoms with van der Waals surface area (Å²) in [6.07, 6.45) is 4.22. The van der Waals surface area contributed by atoms with E-state index < -0.39 is 0 Å². The van der Waals surface area contributed by atoms with Gasteiger partial charge in [-0.1, -0.05) is 103 Å². The lowest BCUT2D eigenvalue weighted by Crippen LogP contribution is -2.14. The van der Waals surface area contributed by atoms with E-state index in [1.54, 1.807) is 6.07 Å². The molecule has 39 heavy (non-hydrogen) atoms. The minimum absolute atomic E-state index is 0.354. The van der Waals surface area contributed by atoms with Gasteiger partial charge in [-0.3, -0.25) is 0 Å². The van der Waals surface area contributed by atoms with Crippen molar-refractivity contribution < 1.29 is 9.53 Å². The second-order valence-corrected chi connectivity index (χ2v) is 9.23. The number of carbonyl (C=O) groups excluding carboxylic acids is 1. The Morgan fingerprint density at radius 2 is 1.18 bits per heavy atom. The molecule has 0 aliphatic heterocycles. The van der Waals surface area contributed by atoms with Crippen LogP contribution in [0.3, 0.4) is 0 Å². The van der Waals surface area contributed by atoms with Crippen molar-refractivity contribution in [3.8, 4) is 11.1 Å². The molecule has 0 N–H and O–H groups in total. The minimum atomic E-state index is -0.354. The lowest BCUT2D eigenvalue weighted by atomic mass is 10.0. The summed E-state index contributed by atoms with van der Waals surface area (Å²) in [7, 11) is 1.40. The van der Waals surface area contributed by atoms with Crippen LogP contribution in [0.5, 0.6) is 0 Å². The number of hydrogen-bond donors (Lipinski definition) is 0. The first kappa shape index (κ1) is 24.1. The van der Waals surface area contributed by atoms with Crippen LogP contribution in [0.2, 0.25) is 0 Å². The van der Waals surface area contributed by atoms with Gasteiger partial charge in [-0.05, 0) is 58.7 Å². The summed E-state index contributed by atoms with van der Waals surface area (Å²) >= 11 is 0. The van der Waals surface area contributed by atoms with Crippen LogP contribution in [0.15, 0.2) is 132 Å². The van der Waals surface area contributed by atoms with E-state index in [2.05, 4.69) is 72.8 Å².